The predicted octanol–water partition coefficient (Wildman–Crippen LogP) is 6.87. The molecule has 0 amide bonds. The molecule has 1 aromatic rings. The minimum absolute atomic E-state index is 0.630. The summed E-state index contributed by atoms with van der Waals surface area (Å²) in [6.07, 6.45) is 14.7. The number of hydrogen-bond donors (Lipinski definition) is 1. The molecule has 1 N–H and O–H groups in total. The van der Waals surface area contributed by atoms with Gasteiger partial charge < -0.3 is 0 Å². The zero-order valence-electron chi connectivity index (χ0n) is 15.4. The molecule has 0 bridgehead atoms. The number of hydrogen-bond acceptors (Lipinski definition) is 2. The molecule has 0 aliphatic heterocycles. The Bertz CT molecular complexity index is 412. The van der Waals surface area contributed by atoms with Gasteiger partial charge in [-0.1, -0.05) is 89.0 Å². The molecular formula is C21H36O2. The molecule has 0 atom stereocenters. The molecule has 0 spiro atoms. The highest BCUT2D eigenvalue weighted by molar-refractivity contribution is 5.31. The van der Waals surface area contributed by atoms with E-state index in [0.717, 1.165) is 12.0 Å². The summed E-state index contributed by atoms with van der Waals surface area (Å²) in [5, 5.41) is 9.12. The first kappa shape index (κ1) is 20.2. The van der Waals surface area contributed by atoms with Crippen LogP contribution in [0.5, 0.6) is 0 Å². The average molecular weight is 321 g/mol. The maximum atomic E-state index is 9.12. The first-order valence-electron chi connectivity index (χ1n) is 9.52. The molecule has 0 radical (unpaired) electrons. The van der Waals surface area contributed by atoms with Crippen LogP contribution in [-0.4, -0.2) is 5.26 Å². The van der Waals surface area contributed by atoms with E-state index in [-0.39, 0.29) is 0 Å². The summed E-state index contributed by atoms with van der Waals surface area (Å²) in [6, 6.07) is 8.30. The Labute approximate surface area is 143 Å². The third-order valence-corrected chi connectivity index (χ3v) is 4.69. The van der Waals surface area contributed by atoms with Gasteiger partial charge in [0.1, 0.15) is 5.60 Å². The lowest BCUT2D eigenvalue weighted by molar-refractivity contribution is -0.318. The summed E-state index contributed by atoms with van der Waals surface area (Å²) < 4.78 is 0. The van der Waals surface area contributed by atoms with Gasteiger partial charge in [-0.25, -0.2) is 4.89 Å². The largest absolute Gasteiger partial charge is 0.251 e. The smallest absolute Gasteiger partial charge is 0.123 e. The van der Waals surface area contributed by atoms with Crippen LogP contribution < -0.4 is 0 Å². The second-order valence-electron chi connectivity index (χ2n) is 7.19. The van der Waals surface area contributed by atoms with Crippen molar-refractivity contribution < 1.29 is 10.1 Å². The molecule has 1 rings (SSSR count). The van der Waals surface area contributed by atoms with Gasteiger partial charge in [0, 0.05) is 0 Å². The quantitative estimate of drug-likeness (QED) is 0.244. The first-order valence-corrected chi connectivity index (χ1v) is 9.52. The highest BCUT2D eigenvalue weighted by Gasteiger charge is 2.24. The fraction of sp³-hybridized carbons (Fsp3) is 0.714. The minimum atomic E-state index is -0.630. The lowest BCUT2D eigenvalue weighted by atomic mass is 9.90. The van der Waals surface area contributed by atoms with Gasteiger partial charge in [0.2, 0.25) is 0 Å². The van der Waals surface area contributed by atoms with Crippen molar-refractivity contribution in [2.45, 2.75) is 97.0 Å². The molecule has 0 heterocycles. The highest BCUT2D eigenvalue weighted by Crippen LogP contribution is 2.28. The summed E-state index contributed by atoms with van der Waals surface area (Å²) in [7, 11) is 0. The SMILES string of the molecule is CCCCCCCCCCCCc1ccccc1C(C)(C)OO. The van der Waals surface area contributed by atoms with E-state index in [2.05, 4.69) is 30.0 Å². The van der Waals surface area contributed by atoms with Crippen molar-refractivity contribution in [2.75, 3.05) is 0 Å². The van der Waals surface area contributed by atoms with Crippen LogP contribution in [0.1, 0.15) is 96.1 Å². The van der Waals surface area contributed by atoms with Crippen LogP contribution in [0.3, 0.4) is 0 Å². The van der Waals surface area contributed by atoms with Crippen molar-refractivity contribution in [3.63, 3.8) is 0 Å². The van der Waals surface area contributed by atoms with Gasteiger partial charge in [0.25, 0.3) is 0 Å². The monoisotopic (exact) mass is 320 g/mol. The summed E-state index contributed by atoms with van der Waals surface area (Å²) >= 11 is 0. The summed E-state index contributed by atoms with van der Waals surface area (Å²) in [6.45, 7) is 6.08. The third-order valence-electron chi connectivity index (χ3n) is 4.69. The number of aryl methyl sites for hydroxylation is 1. The van der Waals surface area contributed by atoms with Crippen molar-refractivity contribution in [1.29, 1.82) is 0 Å². The molecule has 0 saturated carbocycles. The third kappa shape index (κ3) is 7.99. The van der Waals surface area contributed by atoms with E-state index in [9.17, 15) is 0 Å². The molecule has 2 heteroatoms. The van der Waals surface area contributed by atoms with Crippen LogP contribution in [0.4, 0.5) is 0 Å². The summed E-state index contributed by atoms with van der Waals surface area (Å²) in [4.78, 5) is 4.66. The molecule has 0 fully saturated rings. The van der Waals surface area contributed by atoms with Crippen LogP contribution in [-0.2, 0) is 16.9 Å². The van der Waals surface area contributed by atoms with Gasteiger partial charge >= 0.3 is 0 Å². The Balaban J connectivity index is 2.19. The van der Waals surface area contributed by atoms with Crippen molar-refractivity contribution in [2.24, 2.45) is 0 Å². The van der Waals surface area contributed by atoms with Crippen molar-refractivity contribution in [3.05, 3.63) is 35.4 Å². The van der Waals surface area contributed by atoms with E-state index in [0.29, 0.717) is 0 Å². The maximum Gasteiger partial charge on any atom is 0.123 e. The summed E-state index contributed by atoms with van der Waals surface area (Å²) in [5.74, 6) is 0. The Hall–Kier alpha value is -0.860. The van der Waals surface area contributed by atoms with E-state index in [1.807, 2.05) is 19.9 Å². The molecule has 23 heavy (non-hydrogen) atoms. The normalized spacial score (nSPS) is 11.8. The van der Waals surface area contributed by atoms with Crippen LogP contribution in [0, 0.1) is 0 Å². The lowest BCUT2D eigenvalue weighted by Gasteiger charge is -2.24. The van der Waals surface area contributed by atoms with Gasteiger partial charge in [-0.2, -0.15) is 0 Å². The van der Waals surface area contributed by atoms with Gasteiger partial charge in [-0.15, -0.1) is 0 Å². The van der Waals surface area contributed by atoms with Crippen molar-refractivity contribution in [1.82, 2.24) is 0 Å². The van der Waals surface area contributed by atoms with E-state index >= 15 is 0 Å². The standard InChI is InChI=1S/C21H36O2/c1-4-5-6-7-8-9-10-11-12-13-16-19-17-14-15-18-20(19)21(2,3)23-22/h14-15,17-18,22H,4-13,16H2,1-3H3. The molecule has 0 saturated heterocycles. The zero-order chi connectivity index (χ0) is 17.0. The predicted molar refractivity (Wildman–Crippen MR) is 98.7 cm³/mol. The van der Waals surface area contributed by atoms with Gasteiger partial charge in [-0.05, 0) is 37.8 Å². The topological polar surface area (TPSA) is 29.5 Å². The van der Waals surface area contributed by atoms with Gasteiger partial charge in [-0.3, -0.25) is 5.26 Å². The van der Waals surface area contributed by atoms with Gasteiger partial charge in [0.05, 0.1) is 0 Å². The maximum absolute atomic E-state index is 9.12. The van der Waals surface area contributed by atoms with Gasteiger partial charge in [0.15, 0.2) is 0 Å². The molecular weight excluding hydrogens is 284 g/mol. The Kier molecular flexibility index (Phi) is 10.2. The summed E-state index contributed by atoms with van der Waals surface area (Å²) in [5.41, 5.74) is 1.76. The molecule has 1 aromatic carbocycles. The van der Waals surface area contributed by atoms with Crippen molar-refractivity contribution in [3.8, 4) is 0 Å². The highest BCUT2D eigenvalue weighted by atomic mass is 17.1. The van der Waals surface area contributed by atoms with Crippen LogP contribution in [0.25, 0.3) is 0 Å². The van der Waals surface area contributed by atoms with E-state index in [1.165, 1.54) is 69.8 Å². The van der Waals surface area contributed by atoms with E-state index in [4.69, 9.17) is 5.26 Å². The molecule has 0 aliphatic rings. The second-order valence-corrected chi connectivity index (χ2v) is 7.19. The number of rotatable bonds is 13. The Morgan fingerprint density at radius 2 is 1.35 bits per heavy atom. The second kappa shape index (κ2) is 11.6. The van der Waals surface area contributed by atoms with Crippen molar-refractivity contribution >= 4 is 0 Å². The molecule has 2 nitrogen and oxygen atoms in total. The molecule has 0 aromatic heterocycles. The van der Waals surface area contributed by atoms with Crippen LogP contribution in [0.2, 0.25) is 0 Å². The van der Waals surface area contributed by atoms with E-state index < -0.39 is 5.60 Å². The number of unbranched alkanes of at least 4 members (excludes halogenated alkanes) is 9. The fourth-order valence-electron chi connectivity index (χ4n) is 3.18. The lowest BCUT2D eigenvalue weighted by Crippen LogP contribution is -2.21. The Morgan fingerprint density at radius 1 is 0.826 bits per heavy atom. The average Bonchev–Trinajstić information content (AvgIpc) is 2.57. The fourth-order valence-corrected chi connectivity index (χ4v) is 3.18. The Morgan fingerprint density at radius 3 is 1.91 bits per heavy atom. The van der Waals surface area contributed by atoms with E-state index in [1.54, 1.807) is 0 Å². The molecule has 132 valence electrons. The first-order chi connectivity index (χ1) is 11.1. The zero-order valence-corrected chi connectivity index (χ0v) is 15.4. The van der Waals surface area contributed by atoms with Crippen LogP contribution in [0.15, 0.2) is 24.3 Å². The molecule has 0 aliphatic carbocycles. The number of benzene rings is 1. The minimum Gasteiger partial charge on any atom is -0.251 e. The van der Waals surface area contributed by atoms with Crippen LogP contribution >= 0.6 is 0 Å². The molecule has 0 unspecified atom stereocenters.